The molecule has 0 saturated heterocycles. The van der Waals surface area contributed by atoms with Crippen LogP contribution in [0, 0.1) is 6.92 Å². The van der Waals surface area contributed by atoms with Gasteiger partial charge in [-0.25, -0.2) is 0 Å². The van der Waals surface area contributed by atoms with Gasteiger partial charge in [0, 0.05) is 20.2 Å². The average molecular weight is 399 g/mol. The van der Waals surface area contributed by atoms with E-state index in [4.69, 9.17) is 9.76 Å². The first-order valence-corrected chi connectivity index (χ1v) is 10.3. The SMILES string of the molecule is Cc1ccc(S(=O)(=O)O)cc1.ON=c1c2ccccc2sc2ccccc12. The molecular formula is C20H17NO4S2. The van der Waals surface area contributed by atoms with Gasteiger partial charge in [-0.2, -0.15) is 8.42 Å². The van der Waals surface area contributed by atoms with Crippen LogP contribution in [0.1, 0.15) is 5.56 Å². The third-order valence-corrected chi connectivity index (χ3v) is 5.94. The van der Waals surface area contributed by atoms with Gasteiger partial charge in [0.2, 0.25) is 0 Å². The summed E-state index contributed by atoms with van der Waals surface area (Å²) in [5.74, 6) is 0. The van der Waals surface area contributed by atoms with Crippen molar-refractivity contribution >= 4 is 41.6 Å². The molecule has 4 aromatic rings. The summed E-state index contributed by atoms with van der Waals surface area (Å²) in [6.07, 6.45) is 0. The van der Waals surface area contributed by atoms with Crippen LogP contribution < -0.4 is 5.36 Å². The molecule has 2 N–H and O–H groups in total. The predicted molar refractivity (Wildman–Crippen MR) is 108 cm³/mol. The second kappa shape index (κ2) is 7.87. The van der Waals surface area contributed by atoms with Gasteiger partial charge in [0.25, 0.3) is 10.1 Å². The Balaban J connectivity index is 0.000000168. The van der Waals surface area contributed by atoms with E-state index in [0.717, 1.165) is 25.7 Å². The number of fused-ring (bicyclic) bond motifs is 2. The minimum Gasteiger partial charge on any atom is -0.410 e. The highest BCUT2D eigenvalue weighted by Crippen LogP contribution is 2.23. The van der Waals surface area contributed by atoms with Gasteiger partial charge >= 0.3 is 0 Å². The second-order valence-corrected chi connectivity index (χ2v) is 8.34. The highest BCUT2D eigenvalue weighted by Gasteiger charge is 2.06. The molecule has 0 aliphatic carbocycles. The number of hydrogen-bond donors (Lipinski definition) is 2. The van der Waals surface area contributed by atoms with E-state index in [1.165, 1.54) is 12.1 Å². The third kappa shape index (κ3) is 4.33. The molecule has 5 nitrogen and oxygen atoms in total. The molecule has 4 rings (SSSR count). The monoisotopic (exact) mass is 399 g/mol. The Morgan fingerprint density at radius 1 is 0.815 bits per heavy atom. The molecule has 1 aromatic heterocycles. The lowest BCUT2D eigenvalue weighted by Gasteiger charge is -2.01. The molecule has 1 heterocycles. The van der Waals surface area contributed by atoms with Gasteiger partial charge in [0.1, 0.15) is 5.36 Å². The predicted octanol–water partition coefficient (Wildman–Crippen LogP) is 4.59. The molecule has 0 aliphatic rings. The van der Waals surface area contributed by atoms with Gasteiger partial charge in [0.15, 0.2) is 0 Å². The summed E-state index contributed by atoms with van der Waals surface area (Å²) in [6.45, 7) is 1.84. The number of hydrogen-bond acceptors (Lipinski definition) is 5. The van der Waals surface area contributed by atoms with Crippen molar-refractivity contribution in [2.75, 3.05) is 0 Å². The van der Waals surface area contributed by atoms with Crippen molar-refractivity contribution < 1.29 is 18.2 Å². The highest BCUT2D eigenvalue weighted by atomic mass is 32.2. The minimum absolute atomic E-state index is 0.0666. The van der Waals surface area contributed by atoms with E-state index < -0.39 is 10.1 Å². The van der Waals surface area contributed by atoms with E-state index in [0.29, 0.717) is 5.36 Å². The van der Waals surface area contributed by atoms with Crippen LogP contribution in [0.25, 0.3) is 20.2 Å². The van der Waals surface area contributed by atoms with Crippen molar-refractivity contribution in [3.05, 3.63) is 83.7 Å². The summed E-state index contributed by atoms with van der Waals surface area (Å²) in [7, 11) is -4.02. The lowest BCUT2D eigenvalue weighted by atomic mass is 10.2. The van der Waals surface area contributed by atoms with Gasteiger partial charge in [0.05, 0.1) is 4.90 Å². The summed E-state index contributed by atoms with van der Waals surface area (Å²) < 4.78 is 31.8. The van der Waals surface area contributed by atoms with Crippen LogP contribution >= 0.6 is 11.3 Å². The van der Waals surface area contributed by atoms with Crippen LogP contribution in [-0.2, 0) is 10.1 Å². The van der Waals surface area contributed by atoms with E-state index in [-0.39, 0.29) is 4.90 Å². The average Bonchev–Trinajstić information content (AvgIpc) is 2.66. The highest BCUT2D eigenvalue weighted by molar-refractivity contribution is 7.85. The topological polar surface area (TPSA) is 87.0 Å². The van der Waals surface area contributed by atoms with E-state index >= 15 is 0 Å². The maximum Gasteiger partial charge on any atom is 0.294 e. The zero-order chi connectivity index (χ0) is 19.4. The lowest BCUT2D eigenvalue weighted by Crippen LogP contribution is -2.03. The van der Waals surface area contributed by atoms with Crippen molar-refractivity contribution in [2.45, 2.75) is 11.8 Å². The van der Waals surface area contributed by atoms with Gasteiger partial charge in [-0.1, -0.05) is 59.3 Å². The fourth-order valence-corrected chi connectivity index (χ4v) is 4.14. The Kier molecular flexibility index (Phi) is 5.55. The first-order valence-electron chi connectivity index (χ1n) is 8.03. The van der Waals surface area contributed by atoms with Crippen LogP contribution in [0.15, 0.2) is 82.8 Å². The van der Waals surface area contributed by atoms with Crippen molar-refractivity contribution in [1.29, 1.82) is 0 Å². The summed E-state index contributed by atoms with van der Waals surface area (Å²) in [6, 6.07) is 21.9. The maximum atomic E-state index is 10.5. The zero-order valence-electron chi connectivity index (χ0n) is 14.4. The summed E-state index contributed by atoms with van der Waals surface area (Å²) in [5.41, 5.74) is 0.956. The Morgan fingerprint density at radius 3 is 1.74 bits per heavy atom. The molecule has 27 heavy (non-hydrogen) atoms. The fourth-order valence-electron chi connectivity index (χ4n) is 2.58. The summed E-state index contributed by atoms with van der Waals surface area (Å²) in [4.78, 5) is -0.0666. The van der Waals surface area contributed by atoms with Crippen molar-refractivity contribution in [3.8, 4) is 0 Å². The van der Waals surface area contributed by atoms with E-state index in [1.54, 1.807) is 23.5 Å². The van der Waals surface area contributed by atoms with E-state index in [2.05, 4.69) is 5.16 Å². The van der Waals surface area contributed by atoms with Crippen molar-refractivity contribution in [1.82, 2.24) is 0 Å². The number of rotatable bonds is 1. The lowest BCUT2D eigenvalue weighted by molar-refractivity contribution is 0.304. The maximum absolute atomic E-state index is 10.5. The number of aryl methyl sites for hydroxylation is 1. The fraction of sp³-hybridized carbons (Fsp3) is 0.0500. The number of nitrogens with zero attached hydrogens (tertiary/aromatic N) is 1. The largest absolute Gasteiger partial charge is 0.410 e. The van der Waals surface area contributed by atoms with Crippen molar-refractivity contribution in [3.63, 3.8) is 0 Å². The van der Waals surface area contributed by atoms with Gasteiger partial charge < -0.3 is 5.21 Å². The van der Waals surface area contributed by atoms with Crippen LogP contribution in [0.2, 0.25) is 0 Å². The van der Waals surface area contributed by atoms with Crippen molar-refractivity contribution in [2.24, 2.45) is 5.16 Å². The molecule has 0 spiro atoms. The summed E-state index contributed by atoms with van der Waals surface area (Å²) in [5, 5.41) is 15.2. The normalized spacial score (nSPS) is 11.0. The van der Waals surface area contributed by atoms with Crippen LogP contribution in [0.3, 0.4) is 0 Å². The molecule has 0 unspecified atom stereocenters. The quantitative estimate of drug-likeness (QED) is 0.212. The Bertz CT molecular complexity index is 1200. The molecule has 3 aromatic carbocycles. The molecule has 0 atom stereocenters. The van der Waals surface area contributed by atoms with Crippen LogP contribution in [0.5, 0.6) is 0 Å². The Morgan fingerprint density at radius 2 is 1.30 bits per heavy atom. The van der Waals surface area contributed by atoms with Crippen LogP contribution in [0.4, 0.5) is 0 Å². The zero-order valence-corrected chi connectivity index (χ0v) is 16.0. The Hall–Kier alpha value is -2.74. The first-order chi connectivity index (χ1) is 12.9. The molecule has 138 valence electrons. The van der Waals surface area contributed by atoms with Gasteiger partial charge in [-0.3, -0.25) is 4.55 Å². The van der Waals surface area contributed by atoms with Gasteiger partial charge in [-0.05, 0) is 31.2 Å². The number of benzene rings is 3. The smallest absolute Gasteiger partial charge is 0.294 e. The van der Waals surface area contributed by atoms with E-state index in [9.17, 15) is 8.42 Å². The van der Waals surface area contributed by atoms with E-state index in [1.807, 2.05) is 55.5 Å². The summed E-state index contributed by atoms with van der Waals surface area (Å²) >= 11 is 1.71. The standard InChI is InChI=1S/C13H9NOS.C7H8O3S/c15-14-13-9-5-1-3-7-11(9)16-12-8-4-2-6-10(12)13;1-6-2-4-7(5-3-6)11(8,9)10/h1-8,15H;2-5H,1H3,(H,8,9,10). The molecule has 0 saturated carbocycles. The van der Waals surface area contributed by atoms with Gasteiger partial charge in [-0.15, -0.1) is 11.3 Å². The molecular weight excluding hydrogens is 382 g/mol. The third-order valence-electron chi connectivity index (χ3n) is 3.92. The molecule has 0 aliphatic heterocycles. The van der Waals surface area contributed by atoms with Crippen LogP contribution in [-0.4, -0.2) is 18.2 Å². The molecule has 0 amide bonds. The molecule has 0 bridgehead atoms. The first kappa shape index (κ1) is 19.0. The minimum atomic E-state index is -4.02. The molecule has 0 radical (unpaired) electrons. The Labute approximate surface area is 160 Å². The molecule has 7 heteroatoms. The second-order valence-electron chi connectivity index (χ2n) is 5.83. The molecule has 0 fully saturated rings.